The van der Waals surface area contributed by atoms with Gasteiger partial charge in [0.2, 0.25) is 5.91 Å². The first kappa shape index (κ1) is 65.2. The van der Waals surface area contributed by atoms with E-state index in [2.05, 4.69) is 19.2 Å². The molecule has 8 unspecified atom stereocenters. The molecule has 7 N–H and O–H groups in total. The number of amides is 1. The Morgan fingerprint density at radius 3 is 1.04 bits per heavy atom. The average Bonchev–Trinajstić information content (AvgIpc) is 3.34. The van der Waals surface area contributed by atoms with E-state index in [1.54, 1.807) is 0 Å². The van der Waals surface area contributed by atoms with E-state index in [0.717, 1.165) is 38.5 Å². The van der Waals surface area contributed by atoms with Crippen molar-refractivity contribution in [1.82, 2.24) is 5.32 Å². The van der Waals surface area contributed by atoms with Gasteiger partial charge >= 0.3 is 0 Å². The Hall–Kier alpha value is -0.850. The number of unbranched alkanes of at least 4 members (excludes halogenated alkanes) is 41. The molecule has 0 aliphatic carbocycles. The number of aliphatic hydroxyl groups excluding tert-OH is 6. The molecule has 10 heteroatoms. The van der Waals surface area contributed by atoms with Gasteiger partial charge < -0.3 is 45.4 Å². The van der Waals surface area contributed by atoms with Gasteiger partial charge in [-0.1, -0.05) is 290 Å². The molecule has 1 saturated heterocycles. The molecule has 10 nitrogen and oxygen atoms in total. The first-order valence-corrected chi connectivity index (χ1v) is 29.8. The monoisotopic (exact) mass is 970 g/mol. The normalized spacial score (nSPS) is 19.9. The topological polar surface area (TPSA) is 169 Å². The molecule has 1 aliphatic rings. The van der Waals surface area contributed by atoms with Crippen LogP contribution in [0.3, 0.4) is 0 Å². The summed E-state index contributed by atoms with van der Waals surface area (Å²) in [6.07, 6.45) is 47.4. The summed E-state index contributed by atoms with van der Waals surface area (Å²) in [4.78, 5) is 13.2. The Balaban J connectivity index is 2.19. The highest BCUT2D eigenvalue weighted by molar-refractivity contribution is 5.80. The molecule has 0 aromatic rings. The van der Waals surface area contributed by atoms with Crippen molar-refractivity contribution in [2.45, 2.75) is 352 Å². The molecule has 1 fully saturated rings. The molecule has 8 atom stereocenters. The first-order valence-electron chi connectivity index (χ1n) is 29.8. The molecule has 1 heterocycles. The van der Waals surface area contributed by atoms with Gasteiger partial charge in [-0.25, -0.2) is 0 Å². The third-order valence-corrected chi connectivity index (χ3v) is 14.8. The van der Waals surface area contributed by atoms with E-state index in [-0.39, 0.29) is 6.61 Å². The Morgan fingerprint density at radius 2 is 0.735 bits per heavy atom. The van der Waals surface area contributed by atoms with Crippen LogP contribution in [0.5, 0.6) is 0 Å². The molecule has 68 heavy (non-hydrogen) atoms. The van der Waals surface area contributed by atoms with Crippen molar-refractivity contribution in [3.05, 3.63) is 0 Å². The summed E-state index contributed by atoms with van der Waals surface area (Å²) in [7, 11) is 0. The molecule has 0 spiro atoms. The second-order valence-electron chi connectivity index (χ2n) is 21.3. The van der Waals surface area contributed by atoms with Gasteiger partial charge in [-0.3, -0.25) is 4.79 Å². The number of hydrogen-bond acceptors (Lipinski definition) is 9. The molecule has 0 bridgehead atoms. The Kier molecular flexibility index (Phi) is 46.4. The Bertz CT molecular complexity index is 1050. The highest BCUT2D eigenvalue weighted by Crippen LogP contribution is 2.24. The van der Waals surface area contributed by atoms with Gasteiger partial charge in [0, 0.05) is 0 Å². The van der Waals surface area contributed by atoms with E-state index in [1.807, 2.05) is 0 Å². The fraction of sp³-hybridized carbons (Fsp3) is 0.983. The third kappa shape index (κ3) is 37.0. The maximum Gasteiger partial charge on any atom is 0.249 e. The number of carbonyl (C=O) groups is 1. The zero-order valence-electron chi connectivity index (χ0n) is 44.8. The van der Waals surface area contributed by atoms with E-state index in [1.165, 1.54) is 238 Å². The smallest absolute Gasteiger partial charge is 0.249 e. The predicted octanol–water partition coefficient (Wildman–Crippen LogP) is 13.6. The SMILES string of the molecule is CCCCCCCCCCCCCCCCCCCCCCCCCCCCCC(O)C(=O)NC(COC1OC(CO)C(O)C(O)C1O)C(O)CCCCCCCCCCCCCCCCCC. The van der Waals surface area contributed by atoms with Gasteiger partial charge in [0.15, 0.2) is 6.29 Å². The number of ether oxygens (including phenoxy) is 2. The largest absolute Gasteiger partial charge is 0.394 e. The molecule has 1 amide bonds. The summed E-state index contributed by atoms with van der Waals surface area (Å²) in [6.45, 7) is 3.72. The van der Waals surface area contributed by atoms with Crippen molar-refractivity contribution in [3.8, 4) is 0 Å². The number of aliphatic hydroxyl groups is 6. The molecular formula is C58H115NO9. The second-order valence-corrected chi connectivity index (χ2v) is 21.3. The summed E-state index contributed by atoms with van der Waals surface area (Å²) in [5, 5.41) is 65.2. The minimum Gasteiger partial charge on any atom is -0.394 e. The number of rotatable bonds is 52. The lowest BCUT2D eigenvalue weighted by Gasteiger charge is -2.40. The van der Waals surface area contributed by atoms with Crippen molar-refractivity contribution in [1.29, 1.82) is 0 Å². The number of hydrogen-bond donors (Lipinski definition) is 7. The predicted molar refractivity (Wildman–Crippen MR) is 283 cm³/mol. The van der Waals surface area contributed by atoms with Gasteiger partial charge in [-0.15, -0.1) is 0 Å². The van der Waals surface area contributed by atoms with Crippen LogP contribution in [-0.4, -0.2) is 98.7 Å². The van der Waals surface area contributed by atoms with Crippen molar-refractivity contribution >= 4 is 5.91 Å². The molecule has 406 valence electrons. The van der Waals surface area contributed by atoms with Crippen LogP contribution in [0.25, 0.3) is 0 Å². The van der Waals surface area contributed by atoms with Gasteiger partial charge in [-0.2, -0.15) is 0 Å². The number of carbonyl (C=O) groups excluding carboxylic acids is 1. The van der Waals surface area contributed by atoms with E-state index in [9.17, 15) is 35.4 Å². The summed E-state index contributed by atoms with van der Waals surface area (Å²) in [5.41, 5.74) is 0. The second kappa shape index (κ2) is 48.4. The van der Waals surface area contributed by atoms with E-state index >= 15 is 0 Å². The van der Waals surface area contributed by atoms with Crippen LogP contribution in [0.4, 0.5) is 0 Å². The summed E-state index contributed by atoms with van der Waals surface area (Å²) < 4.78 is 11.2. The Labute approximate surface area is 419 Å². The third-order valence-electron chi connectivity index (χ3n) is 14.8. The van der Waals surface area contributed by atoms with Gasteiger partial charge in [-0.05, 0) is 12.8 Å². The van der Waals surface area contributed by atoms with Crippen molar-refractivity contribution in [3.63, 3.8) is 0 Å². The standard InChI is InChI=1S/C58H115NO9/c1-3-5-7-9-11-13-15-17-19-21-22-23-24-25-26-27-28-29-30-31-33-35-37-39-41-43-45-47-52(62)57(66)59-50(49-67-58-56(65)55(64)54(63)53(48-60)68-58)51(61)46-44-42-40-38-36-34-32-20-18-16-14-12-10-8-6-4-2/h50-56,58,60-65H,3-49H2,1-2H3,(H,59,66). The van der Waals surface area contributed by atoms with Gasteiger partial charge in [0.05, 0.1) is 25.4 Å². The van der Waals surface area contributed by atoms with E-state index in [4.69, 9.17) is 9.47 Å². The fourth-order valence-corrected chi connectivity index (χ4v) is 10.00. The minimum atomic E-state index is -1.59. The van der Waals surface area contributed by atoms with Crippen LogP contribution >= 0.6 is 0 Å². The zero-order chi connectivity index (χ0) is 49.6. The van der Waals surface area contributed by atoms with Crippen LogP contribution in [0.1, 0.15) is 303 Å². The average molecular weight is 971 g/mol. The Morgan fingerprint density at radius 1 is 0.441 bits per heavy atom. The van der Waals surface area contributed by atoms with E-state index < -0.39 is 61.5 Å². The highest BCUT2D eigenvalue weighted by Gasteiger charge is 2.44. The summed E-state index contributed by atoms with van der Waals surface area (Å²) in [5.74, 6) is -0.576. The first-order chi connectivity index (χ1) is 33.3. The minimum absolute atomic E-state index is 0.249. The fourth-order valence-electron chi connectivity index (χ4n) is 10.00. The zero-order valence-corrected chi connectivity index (χ0v) is 44.8. The molecule has 1 rings (SSSR count). The van der Waals surface area contributed by atoms with Crippen LogP contribution in [0.15, 0.2) is 0 Å². The maximum absolute atomic E-state index is 13.2. The number of nitrogens with one attached hydrogen (secondary N) is 1. The summed E-state index contributed by atoms with van der Waals surface area (Å²) >= 11 is 0. The van der Waals surface area contributed by atoms with E-state index in [0.29, 0.717) is 12.8 Å². The van der Waals surface area contributed by atoms with Crippen LogP contribution < -0.4 is 5.32 Å². The van der Waals surface area contributed by atoms with Crippen molar-refractivity contribution < 1.29 is 44.9 Å². The molecule has 1 aliphatic heterocycles. The van der Waals surface area contributed by atoms with Crippen molar-refractivity contribution in [2.24, 2.45) is 0 Å². The lowest BCUT2D eigenvalue weighted by Crippen LogP contribution is -2.60. The van der Waals surface area contributed by atoms with Crippen LogP contribution in [-0.2, 0) is 14.3 Å². The molecule has 0 aromatic heterocycles. The van der Waals surface area contributed by atoms with Crippen molar-refractivity contribution in [2.75, 3.05) is 13.2 Å². The lowest BCUT2D eigenvalue weighted by atomic mass is 9.99. The molecule has 0 saturated carbocycles. The van der Waals surface area contributed by atoms with Gasteiger partial charge in [0.25, 0.3) is 0 Å². The lowest BCUT2D eigenvalue weighted by molar-refractivity contribution is -0.302. The van der Waals surface area contributed by atoms with Crippen LogP contribution in [0, 0.1) is 0 Å². The quantitative estimate of drug-likeness (QED) is 0.0293. The molecule has 0 aromatic carbocycles. The maximum atomic E-state index is 13.2. The highest BCUT2D eigenvalue weighted by atomic mass is 16.7. The summed E-state index contributed by atoms with van der Waals surface area (Å²) in [6, 6.07) is -0.889. The van der Waals surface area contributed by atoms with Gasteiger partial charge in [0.1, 0.15) is 30.5 Å². The molecular weight excluding hydrogens is 855 g/mol. The van der Waals surface area contributed by atoms with Crippen LogP contribution in [0.2, 0.25) is 0 Å². The molecule has 0 radical (unpaired) electrons.